The Morgan fingerprint density at radius 2 is 1.63 bits per heavy atom. The average molecular weight is 284 g/mol. The third-order valence-electron chi connectivity index (χ3n) is 5.81. The summed E-state index contributed by atoms with van der Waals surface area (Å²) in [6.07, 6.45) is 7.56. The van der Waals surface area contributed by atoms with Gasteiger partial charge in [-0.1, -0.05) is 13.8 Å². The fourth-order valence-corrected chi connectivity index (χ4v) is 5.53. The van der Waals surface area contributed by atoms with Crippen molar-refractivity contribution in [2.24, 2.45) is 29.1 Å². The zero-order valence-corrected chi connectivity index (χ0v) is 12.9. The molecule has 0 spiro atoms. The van der Waals surface area contributed by atoms with Crippen molar-refractivity contribution in [3.05, 3.63) is 0 Å². The van der Waals surface area contributed by atoms with E-state index in [0.29, 0.717) is 17.7 Å². The number of carbonyl (C=O) groups excluding carboxylic acids is 1. The number of hydrogen-bond donors (Lipinski definition) is 1. The Kier molecular flexibility index (Phi) is 3.57. The minimum Gasteiger partial charge on any atom is -0.351 e. The van der Waals surface area contributed by atoms with Crippen LogP contribution in [0.25, 0.3) is 0 Å². The van der Waals surface area contributed by atoms with E-state index in [9.17, 15) is 4.79 Å². The lowest BCUT2D eigenvalue weighted by molar-refractivity contribution is -0.147. The predicted molar refractivity (Wildman–Crippen MR) is 78.1 cm³/mol. The predicted octanol–water partition coefficient (Wildman–Crippen LogP) is 3.58. The topological polar surface area (TPSA) is 29.1 Å². The summed E-state index contributed by atoms with van der Waals surface area (Å²) in [5, 5.41) is 3.25. The Morgan fingerprint density at radius 3 is 2.00 bits per heavy atom. The number of amides is 1. The van der Waals surface area contributed by atoms with Crippen LogP contribution in [0.15, 0.2) is 0 Å². The molecule has 0 aliphatic heterocycles. The SMILES string of the molecule is CC(C)C(CCl)NC(=O)C12CC3CC(CC(C3)C1)C2. The molecule has 3 heteroatoms. The van der Waals surface area contributed by atoms with Gasteiger partial charge >= 0.3 is 0 Å². The number of hydrogen-bond acceptors (Lipinski definition) is 1. The van der Waals surface area contributed by atoms with E-state index in [-0.39, 0.29) is 11.5 Å². The highest BCUT2D eigenvalue weighted by Crippen LogP contribution is 2.60. The molecule has 4 saturated carbocycles. The van der Waals surface area contributed by atoms with Crippen molar-refractivity contribution < 1.29 is 4.79 Å². The number of halogens is 1. The molecule has 4 bridgehead atoms. The number of rotatable bonds is 4. The van der Waals surface area contributed by atoms with Gasteiger partial charge in [0.2, 0.25) is 5.91 Å². The van der Waals surface area contributed by atoms with E-state index in [1.807, 2.05) is 0 Å². The second-order valence-corrected chi connectivity index (χ2v) is 7.98. The van der Waals surface area contributed by atoms with Crippen LogP contribution in [-0.4, -0.2) is 17.8 Å². The van der Waals surface area contributed by atoms with Gasteiger partial charge in [-0.15, -0.1) is 11.6 Å². The van der Waals surface area contributed by atoms with Crippen molar-refractivity contribution in [1.29, 1.82) is 0 Å². The maximum atomic E-state index is 12.8. The first-order chi connectivity index (χ1) is 9.02. The molecule has 1 atom stereocenters. The molecular weight excluding hydrogens is 258 g/mol. The van der Waals surface area contributed by atoms with Crippen LogP contribution in [-0.2, 0) is 4.79 Å². The highest BCUT2D eigenvalue weighted by Gasteiger charge is 2.54. The van der Waals surface area contributed by atoms with Crippen molar-refractivity contribution in [2.45, 2.75) is 58.4 Å². The molecule has 19 heavy (non-hydrogen) atoms. The van der Waals surface area contributed by atoms with E-state index in [0.717, 1.165) is 37.0 Å². The first kappa shape index (κ1) is 13.7. The maximum Gasteiger partial charge on any atom is 0.226 e. The number of nitrogens with one attached hydrogen (secondary N) is 1. The maximum absolute atomic E-state index is 12.8. The van der Waals surface area contributed by atoms with Crippen LogP contribution in [0.2, 0.25) is 0 Å². The summed E-state index contributed by atoms with van der Waals surface area (Å²) in [4.78, 5) is 12.8. The molecule has 1 N–H and O–H groups in total. The van der Waals surface area contributed by atoms with Gasteiger partial charge in [0.1, 0.15) is 0 Å². The van der Waals surface area contributed by atoms with Gasteiger partial charge in [-0.2, -0.15) is 0 Å². The van der Waals surface area contributed by atoms with Crippen LogP contribution >= 0.6 is 11.6 Å². The van der Waals surface area contributed by atoms with Gasteiger partial charge in [-0.05, 0) is 62.2 Å². The van der Waals surface area contributed by atoms with Gasteiger partial charge in [0.25, 0.3) is 0 Å². The monoisotopic (exact) mass is 283 g/mol. The average Bonchev–Trinajstić information content (AvgIpc) is 2.33. The molecule has 0 radical (unpaired) electrons. The van der Waals surface area contributed by atoms with Gasteiger partial charge in [-0.25, -0.2) is 0 Å². The van der Waals surface area contributed by atoms with Crippen LogP contribution in [0.5, 0.6) is 0 Å². The van der Waals surface area contributed by atoms with Gasteiger partial charge in [0.15, 0.2) is 0 Å². The second-order valence-electron chi connectivity index (χ2n) is 7.68. The highest BCUT2D eigenvalue weighted by molar-refractivity contribution is 6.18. The van der Waals surface area contributed by atoms with Gasteiger partial charge in [0, 0.05) is 17.3 Å². The summed E-state index contributed by atoms with van der Waals surface area (Å²) >= 11 is 6.00. The molecule has 0 aromatic heterocycles. The molecule has 4 rings (SSSR count). The third kappa shape index (κ3) is 2.41. The van der Waals surface area contributed by atoms with E-state index >= 15 is 0 Å². The van der Waals surface area contributed by atoms with E-state index in [1.165, 1.54) is 19.3 Å². The fourth-order valence-electron chi connectivity index (χ4n) is 5.09. The lowest BCUT2D eigenvalue weighted by Gasteiger charge is -2.56. The second kappa shape index (κ2) is 4.95. The molecule has 0 aromatic carbocycles. The van der Waals surface area contributed by atoms with Gasteiger partial charge in [0.05, 0.1) is 0 Å². The molecule has 1 amide bonds. The Morgan fingerprint density at radius 1 is 1.16 bits per heavy atom. The number of alkyl halides is 1. The summed E-state index contributed by atoms with van der Waals surface area (Å²) < 4.78 is 0. The first-order valence-electron chi connectivity index (χ1n) is 7.89. The molecular formula is C16H26ClNO. The van der Waals surface area contributed by atoms with E-state index < -0.39 is 0 Å². The Hall–Kier alpha value is -0.240. The summed E-state index contributed by atoms with van der Waals surface area (Å²) in [5.41, 5.74) is -0.0338. The molecule has 108 valence electrons. The molecule has 4 aliphatic carbocycles. The van der Waals surface area contributed by atoms with Crippen molar-refractivity contribution in [3.63, 3.8) is 0 Å². The highest BCUT2D eigenvalue weighted by atomic mass is 35.5. The summed E-state index contributed by atoms with van der Waals surface area (Å²) in [5.74, 6) is 3.72. The zero-order chi connectivity index (χ0) is 13.6. The first-order valence-corrected chi connectivity index (χ1v) is 8.43. The minimum absolute atomic E-state index is 0.0338. The van der Waals surface area contributed by atoms with E-state index in [4.69, 9.17) is 11.6 Å². The Bertz CT molecular complexity index is 330. The van der Waals surface area contributed by atoms with E-state index in [2.05, 4.69) is 19.2 Å². The summed E-state index contributed by atoms with van der Waals surface area (Å²) in [6.45, 7) is 4.26. The van der Waals surface area contributed by atoms with Crippen molar-refractivity contribution in [2.75, 3.05) is 5.88 Å². The van der Waals surface area contributed by atoms with E-state index in [1.54, 1.807) is 0 Å². The smallest absolute Gasteiger partial charge is 0.226 e. The largest absolute Gasteiger partial charge is 0.351 e. The number of carbonyl (C=O) groups is 1. The molecule has 2 nitrogen and oxygen atoms in total. The van der Waals surface area contributed by atoms with Gasteiger partial charge < -0.3 is 5.32 Å². The fraction of sp³-hybridized carbons (Fsp3) is 0.938. The van der Waals surface area contributed by atoms with Crippen molar-refractivity contribution in [1.82, 2.24) is 5.32 Å². The molecule has 0 saturated heterocycles. The lowest BCUT2D eigenvalue weighted by atomic mass is 9.49. The molecule has 0 heterocycles. The molecule has 0 aromatic rings. The normalized spacial score (nSPS) is 41.6. The van der Waals surface area contributed by atoms with Crippen LogP contribution in [0, 0.1) is 29.1 Å². The Labute approximate surface area is 121 Å². The standard InChI is InChI=1S/C16H26ClNO/c1-10(2)14(9-17)18-15(19)16-6-11-3-12(7-16)5-13(4-11)8-16/h10-14H,3-9H2,1-2H3,(H,18,19). The molecule has 4 aliphatic rings. The van der Waals surface area contributed by atoms with Crippen LogP contribution in [0.1, 0.15) is 52.4 Å². The van der Waals surface area contributed by atoms with Crippen LogP contribution in [0.3, 0.4) is 0 Å². The van der Waals surface area contributed by atoms with Crippen molar-refractivity contribution >= 4 is 17.5 Å². The van der Waals surface area contributed by atoms with Gasteiger partial charge in [-0.3, -0.25) is 4.79 Å². The third-order valence-corrected chi connectivity index (χ3v) is 6.14. The molecule has 4 fully saturated rings. The Balaban J connectivity index is 1.72. The van der Waals surface area contributed by atoms with Crippen molar-refractivity contribution in [3.8, 4) is 0 Å². The minimum atomic E-state index is -0.0338. The van der Waals surface area contributed by atoms with Crippen LogP contribution in [0.4, 0.5) is 0 Å². The zero-order valence-electron chi connectivity index (χ0n) is 12.1. The summed E-state index contributed by atoms with van der Waals surface area (Å²) in [6, 6.07) is 0.127. The lowest BCUT2D eigenvalue weighted by Crippen LogP contribution is -2.56. The molecule has 1 unspecified atom stereocenters. The van der Waals surface area contributed by atoms with Crippen LogP contribution < -0.4 is 5.32 Å². The summed E-state index contributed by atoms with van der Waals surface area (Å²) in [7, 11) is 0. The quantitative estimate of drug-likeness (QED) is 0.785.